The van der Waals surface area contributed by atoms with E-state index in [1.807, 2.05) is 30.3 Å². The first-order valence-corrected chi connectivity index (χ1v) is 9.07. The van der Waals surface area contributed by atoms with E-state index in [1.54, 1.807) is 0 Å². The van der Waals surface area contributed by atoms with E-state index >= 15 is 0 Å². The molecule has 0 aliphatic carbocycles. The van der Waals surface area contributed by atoms with Crippen molar-refractivity contribution in [1.82, 2.24) is 0 Å². The second-order valence-electron chi connectivity index (χ2n) is 6.53. The molecule has 0 aliphatic rings. The molecular weight excluding hydrogens is 344 g/mol. The average molecular weight is 366 g/mol. The third-order valence-corrected chi connectivity index (χ3v) is 4.86. The Labute approximate surface area is 167 Å². The Morgan fingerprint density at radius 3 is 1.43 bits per heavy atom. The van der Waals surface area contributed by atoms with Crippen LogP contribution < -0.4 is 9.47 Å². The van der Waals surface area contributed by atoms with E-state index in [0.29, 0.717) is 0 Å². The summed E-state index contributed by atoms with van der Waals surface area (Å²) >= 11 is 0. The molecule has 0 atom stereocenters. The minimum Gasteiger partial charge on any atom is -0.481 e. The van der Waals surface area contributed by atoms with Gasteiger partial charge in [0.1, 0.15) is 24.7 Å². The van der Waals surface area contributed by atoms with Crippen molar-refractivity contribution in [2.75, 3.05) is 13.2 Å². The lowest BCUT2D eigenvalue weighted by Crippen LogP contribution is -2.25. The van der Waals surface area contributed by atoms with E-state index in [-0.39, 0.29) is 18.6 Å². The zero-order valence-electron chi connectivity index (χ0n) is 15.9. The average Bonchev–Trinajstić information content (AvgIpc) is 2.77. The second-order valence-corrected chi connectivity index (χ2v) is 6.53. The lowest BCUT2D eigenvalue weighted by Gasteiger charge is -2.32. The van der Waals surface area contributed by atoms with E-state index in [1.165, 1.54) is 5.56 Å². The Morgan fingerprint density at radius 2 is 1.04 bits per heavy atom. The number of terminal acetylenes is 2. The van der Waals surface area contributed by atoms with Gasteiger partial charge < -0.3 is 9.47 Å². The van der Waals surface area contributed by atoms with Gasteiger partial charge in [0.25, 0.3) is 0 Å². The Kier molecular flexibility index (Phi) is 6.05. The third kappa shape index (κ3) is 4.03. The Balaban J connectivity index is 2.02. The number of ether oxygens (including phenoxy) is 2. The minimum absolute atomic E-state index is 0.258. The Hall–Kier alpha value is -3.62. The molecule has 28 heavy (non-hydrogen) atoms. The maximum absolute atomic E-state index is 5.52. The first-order valence-electron chi connectivity index (χ1n) is 9.07. The summed E-state index contributed by atoms with van der Waals surface area (Å²) in [5, 5.41) is 0. The quantitative estimate of drug-likeness (QED) is 0.430. The molecule has 0 heterocycles. The minimum atomic E-state index is -0.337. The maximum atomic E-state index is 5.52. The molecule has 2 nitrogen and oxygen atoms in total. The van der Waals surface area contributed by atoms with Crippen LogP contribution in [0.4, 0.5) is 0 Å². The first-order chi connectivity index (χ1) is 13.7. The summed E-state index contributed by atoms with van der Waals surface area (Å²) < 4.78 is 11.0. The van der Waals surface area contributed by atoms with Gasteiger partial charge in [-0.25, -0.2) is 0 Å². The predicted octanol–water partition coefficient (Wildman–Crippen LogP) is 5.06. The lowest BCUT2D eigenvalue weighted by molar-refractivity contribution is 0.370. The molecule has 0 amide bonds. The molecule has 0 aromatic heterocycles. The van der Waals surface area contributed by atoms with Gasteiger partial charge in [0.15, 0.2) is 0 Å². The molecule has 0 aliphatic heterocycles. The van der Waals surface area contributed by atoms with E-state index in [9.17, 15) is 0 Å². The summed E-state index contributed by atoms with van der Waals surface area (Å²) in [5.74, 6) is 6.49. The molecule has 3 rings (SSSR count). The Morgan fingerprint density at radius 1 is 0.643 bits per heavy atom. The van der Waals surface area contributed by atoms with Crippen molar-refractivity contribution in [3.63, 3.8) is 0 Å². The van der Waals surface area contributed by atoms with Crippen LogP contribution in [0.2, 0.25) is 0 Å². The predicted molar refractivity (Wildman–Crippen MR) is 114 cm³/mol. The summed E-state index contributed by atoms with van der Waals surface area (Å²) in [6.45, 7) is 2.74. The van der Waals surface area contributed by atoms with Crippen LogP contribution in [0.3, 0.4) is 0 Å². The second kappa shape index (κ2) is 8.85. The summed E-state index contributed by atoms with van der Waals surface area (Å²) in [7, 11) is 0. The van der Waals surface area contributed by atoms with Gasteiger partial charge in [0, 0.05) is 5.41 Å². The summed E-state index contributed by atoms with van der Waals surface area (Å²) in [5.41, 5.74) is 3.17. The van der Waals surface area contributed by atoms with Gasteiger partial charge in [-0.15, -0.1) is 12.8 Å². The molecule has 0 saturated carbocycles. The standard InChI is InChI=1S/C26H22O2/c1-4-19-27-24-15-11-22(12-16-24)26(3,21-9-7-6-8-10-21)23-13-17-25(18-14-23)28-20-5-2/h1-2,6-18H,19-20H2,3H3. The summed E-state index contributed by atoms with van der Waals surface area (Å²) in [6.07, 6.45) is 10.5. The molecule has 3 aromatic rings. The molecule has 2 heteroatoms. The smallest absolute Gasteiger partial charge is 0.148 e. The molecule has 3 aromatic carbocycles. The molecule has 0 bridgehead atoms. The van der Waals surface area contributed by atoms with Crippen molar-refractivity contribution in [3.8, 4) is 36.2 Å². The highest BCUT2D eigenvalue weighted by molar-refractivity contribution is 5.51. The first kappa shape index (κ1) is 19.2. The zero-order valence-corrected chi connectivity index (χ0v) is 15.9. The molecule has 138 valence electrons. The van der Waals surface area contributed by atoms with Crippen molar-refractivity contribution in [2.24, 2.45) is 0 Å². The number of benzene rings is 3. The normalized spacial score (nSPS) is 10.5. The topological polar surface area (TPSA) is 18.5 Å². The van der Waals surface area contributed by atoms with Crippen molar-refractivity contribution in [3.05, 3.63) is 95.6 Å². The fourth-order valence-electron chi connectivity index (χ4n) is 3.29. The van der Waals surface area contributed by atoms with Gasteiger partial charge >= 0.3 is 0 Å². The van der Waals surface area contributed by atoms with Gasteiger partial charge in [0.05, 0.1) is 0 Å². The van der Waals surface area contributed by atoms with Gasteiger partial charge in [0.2, 0.25) is 0 Å². The third-order valence-electron chi connectivity index (χ3n) is 4.86. The van der Waals surface area contributed by atoms with Crippen molar-refractivity contribution >= 4 is 0 Å². The van der Waals surface area contributed by atoms with Gasteiger partial charge in [-0.2, -0.15) is 0 Å². The van der Waals surface area contributed by atoms with Crippen molar-refractivity contribution in [1.29, 1.82) is 0 Å². The van der Waals surface area contributed by atoms with Crippen LogP contribution in [0.25, 0.3) is 0 Å². The van der Waals surface area contributed by atoms with E-state index in [0.717, 1.165) is 22.6 Å². The molecule has 0 N–H and O–H groups in total. The fourth-order valence-corrected chi connectivity index (χ4v) is 3.29. The molecule has 0 saturated heterocycles. The molecular formula is C26H22O2. The monoisotopic (exact) mass is 366 g/mol. The van der Waals surface area contributed by atoms with Crippen LogP contribution in [0.15, 0.2) is 78.9 Å². The SMILES string of the molecule is C#CCOc1ccc(C(C)(c2ccccc2)c2ccc(OCC#C)cc2)cc1. The molecule has 0 unspecified atom stereocenters. The van der Waals surface area contributed by atoms with E-state index in [4.69, 9.17) is 22.3 Å². The number of hydrogen-bond donors (Lipinski definition) is 0. The molecule has 0 spiro atoms. The van der Waals surface area contributed by atoms with Crippen LogP contribution in [-0.2, 0) is 5.41 Å². The Bertz CT molecular complexity index is 910. The highest BCUT2D eigenvalue weighted by Gasteiger charge is 2.31. The summed E-state index contributed by atoms with van der Waals surface area (Å²) in [6, 6.07) is 26.6. The highest BCUT2D eigenvalue weighted by atomic mass is 16.5. The van der Waals surface area contributed by atoms with Crippen molar-refractivity contribution in [2.45, 2.75) is 12.3 Å². The van der Waals surface area contributed by atoms with Gasteiger partial charge in [-0.1, -0.05) is 66.4 Å². The fraction of sp³-hybridized carbons (Fsp3) is 0.154. The molecule has 0 fully saturated rings. The maximum Gasteiger partial charge on any atom is 0.148 e. The van der Waals surface area contributed by atoms with E-state index < -0.39 is 0 Å². The number of rotatable bonds is 7. The van der Waals surface area contributed by atoms with Crippen molar-refractivity contribution < 1.29 is 9.47 Å². The van der Waals surface area contributed by atoms with Crippen LogP contribution >= 0.6 is 0 Å². The highest BCUT2D eigenvalue weighted by Crippen LogP contribution is 2.39. The largest absolute Gasteiger partial charge is 0.481 e. The number of hydrogen-bond acceptors (Lipinski definition) is 2. The van der Waals surface area contributed by atoms with Crippen LogP contribution in [-0.4, -0.2) is 13.2 Å². The van der Waals surface area contributed by atoms with Crippen LogP contribution in [0.5, 0.6) is 11.5 Å². The lowest BCUT2D eigenvalue weighted by atomic mass is 9.71. The molecule has 0 radical (unpaired) electrons. The van der Waals surface area contributed by atoms with Gasteiger partial charge in [-0.3, -0.25) is 0 Å². The van der Waals surface area contributed by atoms with Crippen LogP contribution in [0, 0.1) is 24.7 Å². The summed E-state index contributed by atoms with van der Waals surface area (Å²) in [4.78, 5) is 0. The van der Waals surface area contributed by atoms with Gasteiger partial charge in [-0.05, 0) is 47.9 Å². The van der Waals surface area contributed by atoms with E-state index in [2.05, 4.69) is 67.3 Å². The van der Waals surface area contributed by atoms with Crippen LogP contribution in [0.1, 0.15) is 23.6 Å². The zero-order chi connectivity index (χ0) is 19.8.